The van der Waals surface area contributed by atoms with Gasteiger partial charge in [-0.05, 0) is 26.8 Å². The van der Waals surface area contributed by atoms with Gasteiger partial charge in [-0.2, -0.15) is 0 Å². The van der Waals surface area contributed by atoms with Gasteiger partial charge in [0.25, 0.3) is 0 Å². The molecule has 0 radical (unpaired) electrons. The molecule has 0 aromatic carbocycles. The fraction of sp³-hybridized carbons (Fsp3) is 0.818. The third-order valence-electron chi connectivity index (χ3n) is 3.64. The van der Waals surface area contributed by atoms with Crippen molar-refractivity contribution in [1.82, 2.24) is 9.80 Å². The molecule has 0 aliphatic carbocycles. The number of rotatable bonds is 1. The predicted octanol–water partition coefficient (Wildman–Crippen LogP) is 0.270. The van der Waals surface area contributed by atoms with E-state index in [0.717, 1.165) is 19.4 Å². The van der Waals surface area contributed by atoms with E-state index in [1.807, 2.05) is 0 Å². The molecule has 2 unspecified atom stereocenters. The Hall–Kier alpha value is -0.900. The maximum Gasteiger partial charge on any atom is 0.230 e. The van der Waals surface area contributed by atoms with Gasteiger partial charge < -0.3 is 9.80 Å². The summed E-state index contributed by atoms with van der Waals surface area (Å²) in [5, 5.41) is 0. The van der Waals surface area contributed by atoms with Gasteiger partial charge in [0.2, 0.25) is 5.91 Å². The Labute approximate surface area is 90.2 Å². The van der Waals surface area contributed by atoms with Crippen LogP contribution in [0.5, 0.6) is 0 Å². The minimum atomic E-state index is 0.0294. The first kappa shape index (κ1) is 10.6. The molecule has 84 valence electrons. The lowest BCUT2D eigenvalue weighted by atomic mass is 9.98. The maximum absolute atomic E-state index is 11.6. The molecule has 0 spiro atoms. The van der Waals surface area contributed by atoms with Crippen molar-refractivity contribution in [3.05, 3.63) is 0 Å². The van der Waals surface area contributed by atoms with Crippen molar-refractivity contribution in [3.8, 4) is 0 Å². The Balaban J connectivity index is 2.00. The highest BCUT2D eigenvalue weighted by Gasteiger charge is 2.35. The number of Topliss-reactive ketones (excluding diaryl/α,β-unsaturated/α-hetero) is 1. The van der Waals surface area contributed by atoms with E-state index in [1.54, 1.807) is 4.90 Å². The Kier molecular flexibility index (Phi) is 2.78. The maximum atomic E-state index is 11.6. The summed E-state index contributed by atoms with van der Waals surface area (Å²) >= 11 is 0. The number of carbonyl (C=O) groups excluding carboxylic acids is 2. The number of hydrogen-bond acceptors (Lipinski definition) is 3. The molecule has 4 nitrogen and oxygen atoms in total. The molecular formula is C11H18N2O2. The van der Waals surface area contributed by atoms with Crippen LogP contribution in [0.3, 0.4) is 0 Å². The summed E-state index contributed by atoms with van der Waals surface area (Å²) in [5.41, 5.74) is 0. The number of nitrogens with zero attached hydrogens (tertiary/aromatic N) is 2. The number of amides is 1. The van der Waals surface area contributed by atoms with Crippen molar-refractivity contribution < 1.29 is 9.59 Å². The van der Waals surface area contributed by atoms with E-state index in [-0.39, 0.29) is 24.2 Å². The average Bonchev–Trinajstić information content (AvgIpc) is 2.50. The quantitative estimate of drug-likeness (QED) is 0.583. The van der Waals surface area contributed by atoms with E-state index in [2.05, 4.69) is 18.9 Å². The Morgan fingerprint density at radius 2 is 2.07 bits per heavy atom. The Morgan fingerprint density at radius 1 is 1.33 bits per heavy atom. The summed E-state index contributed by atoms with van der Waals surface area (Å²) < 4.78 is 0. The fourth-order valence-electron chi connectivity index (χ4n) is 2.48. The van der Waals surface area contributed by atoms with Gasteiger partial charge in [-0.15, -0.1) is 0 Å². The van der Waals surface area contributed by atoms with Crippen molar-refractivity contribution >= 4 is 11.7 Å². The van der Waals surface area contributed by atoms with Crippen LogP contribution in [-0.2, 0) is 9.59 Å². The second-order valence-corrected chi connectivity index (χ2v) is 4.74. The van der Waals surface area contributed by atoms with Gasteiger partial charge >= 0.3 is 0 Å². The SMILES string of the molecule is CC1CC(N2CC(=O)CC2=O)CCN1C. The van der Waals surface area contributed by atoms with E-state index in [0.29, 0.717) is 12.6 Å². The molecule has 2 aliphatic heterocycles. The van der Waals surface area contributed by atoms with Crippen LogP contribution >= 0.6 is 0 Å². The van der Waals surface area contributed by atoms with E-state index >= 15 is 0 Å². The molecule has 1 amide bonds. The van der Waals surface area contributed by atoms with Crippen LogP contribution in [0.15, 0.2) is 0 Å². The van der Waals surface area contributed by atoms with E-state index in [9.17, 15) is 9.59 Å². The third kappa shape index (κ3) is 2.04. The molecule has 2 rings (SSSR count). The summed E-state index contributed by atoms with van der Waals surface area (Å²) in [5.74, 6) is 0.105. The third-order valence-corrected chi connectivity index (χ3v) is 3.64. The lowest BCUT2D eigenvalue weighted by Gasteiger charge is -2.38. The number of carbonyl (C=O) groups is 2. The molecule has 0 bridgehead atoms. The number of piperidine rings is 1. The van der Waals surface area contributed by atoms with Crippen LogP contribution in [-0.4, -0.2) is 53.7 Å². The zero-order valence-electron chi connectivity index (χ0n) is 9.40. The highest BCUT2D eigenvalue weighted by Crippen LogP contribution is 2.23. The summed E-state index contributed by atoms with van der Waals surface area (Å²) in [6.07, 6.45) is 2.12. The first-order valence-electron chi connectivity index (χ1n) is 5.59. The summed E-state index contributed by atoms with van der Waals surface area (Å²) in [6.45, 7) is 3.54. The lowest BCUT2D eigenvalue weighted by molar-refractivity contribution is -0.130. The highest BCUT2D eigenvalue weighted by atomic mass is 16.2. The molecule has 2 saturated heterocycles. The van der Waals surface area contributed by atoms with Crippen LogP contribution in [0, 0.1) is 0 Å². The van der Waals surface area contributed by atoms with Gasteiger partial charge in [0.1, 0.15) is 0 Å². The molecule has 0 aromatic heterocycles. The van der Waals surface area contributed by atoms with Crippen molar-refractivity contribution in [2.75, 3.05) is 20.1 Å². The van der Waals surface area contributed by atoms with Crippen LogP contribution in [0.4, 0.5) is 0 Å². The minimum Gasteiger partial charge on any atom is -0.332 e. The first-order chi connectivity index (χ1) is 7.08. The monoisotopic (exact) mass is 210 g/mol. The van der Waals surface area contributed by atoms with Crippen LogP contribution in [0.25, 0.3) is 0 Å². The molecule has 2 heterocycles. The zero-order chi connectivity index (χ0) is 11.0. The summed E-state index contributed by atoms with van der Waals surface area (Å²) in [7, 11) is 2.11. The topological polar surface area (TPSA) is 40.6 Å². The number of hydrogen-bond donors (Lipinski definition) is 0. The van der Waals surface area contributed by atoms with Crippen molar-refractivity contribution in [2.45, 2.75) is 38.3 Å². The summed E-state index contributed by atoms with van der Waals surface area (Å²) in [6, 6.07) is 0.794. The lowest BCUT2D eigenvalue weighted by Crippen LogP contribution is -2.48. The van der Waals surface area contributed by atoms with Gasteiger partial charge in [-0.1, -0.05) is 0 Å². The van der Waals surface area contributed by atoms with Crippen molar-refractivity contribution in [1.29, 1.82) is 0 Å². The van der Waals surface area contributed by atoms with Crippen LogP contribution in [0.2, 0.25) is 0 Å². The molecule has 4 heteroatoms. The minimum absolute atomic E-state index is 0.0294. The van der Waals surface area contributed by atoms with Crippen LogP contribution in [0.1, 0.15) is 26.2 Å². The zero-order valence-corrected chi connectivity index (χ0v) is 9.40. The fourth-order valence-corrected chi connectivity index (χ4v) is 2.48. The Bertz CT molecular complexity index is 290. The molecule has 15 heavy (non-hydrogen) atoms. The van der Waals surface area contributed by atoms with Gasteiger partial charge in [-0.3, -0.25) is 9.59 Å². The standard InChI is InChI=1S/C11H18N2O2/c1-8-5-9(3-4-12(8)2)13-7-10(14)6-11(13)15/h8-9H,3-7H2,1-2H3. The predicted molar refractivity (Wildman–Crippen MR) is 56.5 cm³/mol. The van der Waals surface area contributed by atoms with Crippen molar-refractivity contribution in [2.24, 2.45) is 0 Å². The largest absolute Gasteiger partial charge is 0.332 e. The number of ketones is 1. The molecule has 2 fully saturated rings. The first-order valence-corrected chi connectivity index (χ1v) is 5.59. The molecule has 0 N–H and O–H groups in total. The van der Waals surface area contributed by atoms with Gasteiger partial charge in [-0.25, -0.2) is 0 Å². The van der Waals surface area contributed by atoms with Gasteiger partial charge in [0.05, 0.1) is 13.0 Å². The Morgan fingerprint density at radius 3 is 2.60 bits per heavy atom. The van der Waals surface area contributed by atoms with Gasteiger partial charge in [0, 0.05) is 18.6 Å². The average molecular weight is 210 g/mol. The molecule has 0 aromatic rings. The van der Waals surface area contributed by atoms with E-state index < -0.39 is 0 Å². The normalized spacial score (nSPS) is 33.9. The van der Waals surface area contributed by atoms with E-state index in [4.69, 9.17) is 0 Å². The molecular weight excluding hydrogens is 192 g/mol. The molecule has 2 aliphatic rings. The van der Waals surface area contributed by atoms with Crippen LogP contribution < -0.4 is 0 Å². The second-order valence-electron chi connectivity index (χ2n) is 4.74. The van der Waals surface area contributed by atoms with Gasteiger partial charge in [0.15, 0.2) is 5.78 Å². The number of likely N-dealkylation sites (tertiary alicyclic amines) is 2. The smallest absolute Gasteiger partial charge is 0.230 e. The highest BCUT2D eigenvalue weighted by molar-refractivity contribution is 6.05. The summed E-state index contributed by atoms with van der Waals surface area (Å²) in [4.78, 5) is 26.8. The molecule has 0 saturated carbocycles. The van der Waals surface area contributed by atoms with Crippen molar-refractivity contribution in [3.63, 3.8) is 0 Å². The van der Waals surface area contributed by atoms with E-state index in [1.165, 1.54) is 0 Å². The molecule has 2 atom stereocenters. The second kappa shape index (κ2) is 3.93.